The third-order valence-corrected chi connectivity index (χ3v) is 5.22. The van der Waals surface area contributed by atoms with Crippen LogP contribution in [0, 0.1) is 0 Å². The Hall–Kier alpha value is -2.12. The lowest BCUT2D eigenvalue weighted by Crippen LogP contribution is -2.44. The molecule has 1 aromatic rings. The molecule has 0 aliphatic carbocycles. The number of methoxy groups -OCH3 is 1. The van der Waals surface area contributed by atoms with Crippen LogP contribution in [0.15, 0.2) is 18.2 Å². The largest absolute Gasteiger partial charge is 0.465 e. The number of aryl methyl sites for hydroxylation is 1. The van der Waals surface area contributed by atoms with Crippen LogP contribution in [-0.4, -0.2) is 55.0 Å². The number of fused-ring (bicyclic) bond motifs is 1. The van der Waals surface area contributed by atoms with E-state index in [0.29, 0.717) is 32.7 Å². The summed E-state index contributed by atoms with van der Waals surface area (Å²) in [5.41, 5.74) is 3.07. The molecule has 1 saturated heterocycles. The smallest absolute Gasteiger partial charge is 0.409 e. The highest BCUT2D eigenvalue weighted by molar-refractivity contribution is 5.96. The van der Waals surface area contributed by atoms with Gasteiger partial charge in [0.25, 0.3) is 0 Å². The maximum atomic E-state index is 12.4. The molecule has 1 atom stereocenters. The predicted octanol–water partition coefficient (Wildman–Crippen LogP) is 3.01. The van der Waals surface area contributed by atoms with Crippen LogP contribution < -0.4 is 4.90 Å². The van der Waals surface area contributed by atoms with Crippen molar-refractivity contribution in [2.75, 3.05) is 31.7 Å². The van der Waals surface area contributed by atoms with Gasteiger partial charge in [-0.1, -0.05) is 12.1 Å². The van der Waals surface area contributed by atoms with Crippen LogP contribution in [0.2, 0.25) is 0 Å². The number of anilines is 1. The molecule has 7 heteroatoms. The van der Waals surface area contributed by atoms with Gasteiger partial charge in [0.15, 0.2) is 0 Å². The van der Waals surface area contributed by atoms with Gasteiger partial charge in [0.1, 0.15) is 6.23 Å². The summed E-state index contributed by atoms with van der Waals surface area (Å²) in [6.45, 7) is 2.11. The zero-order valence-electron chi connectivity index (χ0n) is 15.9. The van der Waals surface area contributed by atoms with Crippen molar-refractivity contribution in [2.45, 2.75) is 51.4 Å². The highest BCUT2D eigenvalue weighted by Crippen LogP contribution is 2.30. The monoisotopic (exact) mass is 376 g/mol. The first-order chi connectivity index (χ1) is 13.1. The first-order valence-electron chi connectivity index (χ1n) is 9.62. The Labute approximate surface area is 159 Å². The Morgan fingerprint density at radius 3 is 2.93 bits per heavy atom. The average Bonchev–Trinajstić information content (AvgIpc) is 2.68. The van der Waals surface area contributed by atoms with E-state index in [2.05, 4.69) is 6.07 Å². The Morgan fingerprint density at radius 2 is 2.15 bits per heavy atom. The molecule has 0 aromatic heterocycles. The standard InChI is InChI=1S/C20H28N2O5/c1-26-12-4-11-21-17-13-15(6-7-16(17)8-9-18(21)23)14-27-19-5-2-3-10-22(19)20(24)25/h6-7,13,19H,2-5,8-12,14H2,1H3,(H,24,25). The Balaban J connectivity index is 1.68. The fraction of sp³-hybridized carbons (Fsp3) is 0.600. The van der Waals surface area contributed by atoms with Gasteiger partial charge in [0.2, 0.25) is 5.91 Å². The van der Waals surface area contributed by atoms with E-state index in [1.807, 2.05) is 17.0 Å². The van der Waals surface area contributed by atoms with Crippen LogP contribution in [-0.2, 0) is 27.3 Å². The van der Waals surface area contributed by atoms with Gasteiger partial charge in [-0.2, -0.15) is 0 Å². The first-order valence-corrected chi connectivity index (χ1v) is 9.62. The number of piperidine rings is 1. The first kappa shape index (κ1) is 19.6. The average molecular weight is 376 g/mol. The topological polar surface area (TPSA) is 79.3 Å². The molecular formula is C20H28N2O5. The van der Waals surface area contributed by atoms with E-state index in [1.165, 1.54) is 10.5 Å². The van der Waals surface area contributed by atoms with Crippen LogP contribution in [0.3, 0.4) is 0 Å². The molecule has 2 heterocycles. The lowest BCUT2D eigenvalue weighted by Gasteiger charge is -2.33. The highest BCUT2D eigenvalue weighted by atomic mass is 16.5. The third kappa shape index (κ3) is 4.78. The summed E-state index contributed by atoms with van der Waals surface area (Å²) in [4.78, 5) is 26.9. The molecular weight excluding hydrogens is 348 g/mol. The number of benzene rings is 1. The minimum atomic E-state index is -0.931. The van der Waals surface area contributed by atoms with Crippen molar-refractivity contribution >= 4 is 17.7 Å². The summed E-state index contributed by atoms with van der Waals surface area (Å²) in [7, 11) is 1.66. The van der Waals surface area contributed by atoms with E-state index in [1.54, 1.807) is 7.11 Å². The van der Waals surface area contributed by atoms with Crippen LogP contribution in [0.5, 0.6) is 0 Å². The maximum Gasteiger partial charge on any atom is 0.409 e. The number of carbonyl (C=O) groups excluding carboxylic acids is 1. The minimum absolute atomic E-state index is 0.140. The molecule has 148 valence electrons. The van der Waals surface area contributed by atoms with Crippen molar-refractivity contribution in [3.8, 4) is 0 Å². The maximum absolute atomic E-state index is 12.4. The number of ether oxygens (including phenoxy) is 2. The number of hydrogen-bond acceptors (Lipinski definition) is 4. The molecule has 3 rings (SSSR count). The fourth-order valence-corrected chi connectivity index (χ4v) is 3.77. The van der Waals surface area contributed by atoms with Gasteiger partial charge in [-0.05, 0) is 49.3 Å². The second-order valence-corrected chi connectivity index (χ2v) is 7.09. The molecule has 7 nitrogen and oxygen atoms in total. The molecule has 1 N–H and O–H groups in total. The van der Waals surface area contributed by atoms with Gasteiger partial charge in [-0.15, -0.1) is 0 Å². The number of carbonyl (C=O) groups is 2. The van der Waals surface area contributed by atoms with Gasteiger partial charge in [-0.25, -0.2) is 4.79 Å². The zero-order chi connectivity index (χ0) is 19.2. The quantitative estimate of drug-likeness (QED) is 0.740. The molecule has 2 aliphatic heterocycles. The summed E-state index contributed by atoms with van der Waals surface area (Å²) >= 11 is 0. The molecule has 2 amide bonds. The van der Waals surface area contributed by atoms with E-state index in [-0.39, 0.29) is 5.91 Å². The number of likely N-dealkylation sites (tertiary alicyclic amines) is 1. The number of hydrogen-bond donors (Lipinski definition) is 1. The SMILES string of the molecule is COCCCN1C(=O)CCc2ccc(COC3CCCCN3C(=O)O)cc21. The van der Waals surface area contributed by atoms with E-state index in [9.17, 15) is 14.7 Å². The summed E-state index contributed by atoms with van der Waals surface area (Å²) < 4.78 is 11.0. The van der Waals surface area contributed by atoms with Crippen molar-refractivity contribution in [1.82, 2.24) is 4.90 Å². The minimum Gasteiger partial charge on any atom is -0.465 e. The Morgan fingerprint density at radius 1 is 1.30 bits per heavy atom. The molecule has 1 unspecified atom stereocenters. The van der Waals surface area contributed by atoms with Crippen molar-refractivity contribution < 1.29 is 24.2 Å². The number of rotatable bonds is 7. The molecule has 0 saturated carbocycles. The van der Waals surface area contributed by atoms with Gasteiger partial charge in [0, 0.05) is 38.9 Å². The molecule has 1 aromatic carbocycles. The second-order valence-electron chi connectivity index (χ2n) is 7.09. The van der Waals surface area contributed by atoms with Gasteiger partial charge in [0.05, 0.1) is 6.61 Å². The number of nitrogens with zero attached hydrogens (tertiary/aromatic N) is 2. The Kier molecular flexibility index (Phi) is 6.68. The summed E-state index contributed by atoms with van der Waals surface area (Å²) in [6.07, 6.45) is 3.32. The van der Waals surface area contributed by atoms with Gasteiger partial charge in [-0.3, -0.25) is 9.69 Å². The number of carboxylic acid groups (broad SMARTS) is 1. The summed E-state index contributed by atoms with van der Waals surface area (Å²) in [5.74, 6) is 0.140. The fourth-order valence-electron chi connectivity index (χ4n) is 3.77. The summed E-state index contributed by atoms with van der Waals surface area (Å²) in [6, 6.07) is 6.07. The molecule has 27 heavy (non-hydrogen) atoms. The highest BCUT2D eigenvalue weighted by Gasteiger charge is 2.27. The lowest BCUT2D eigenvalue weighted by molar-refractivity contribution is -0.118. The van der Waals surface area contributed by atoms with Crippen LogP contribution >= 0.6 is 0 Å². The van der Waals surface area contributed by atoms with Crippen LogP contribution in [0.4, 0.5) is 10.5 Å². The van der Waals surface area contributed by atoms with Crippen LogP contribution in [0.25, 0.3) is 0 Å². The molecule has 2 aliphatic rings. The normalized spacial score (nSPS) is 19.9. The van der Waals surface area contributed by atoms with E-state index < -0.39 is 12.3 Å². The van der Waals surface area contributed by atoms with E-state index in [0.717, 1.165) is 43.4 Å². The van der Waals surface area contributed by atoms with Crippen molar-refractivity contribution in [3.05, 3.63) is 29.3 Å². The van der Waals surface area contributed by atoms with Crippen LogP contribution in [0.1, 0.15) is 43.2 Å². The second kappa shape index (κ2) is 9.19. The third-order valence-electron chi connectivity index (χ3n) is 5.22. The van der Waals surface area contributed by atoms with Crippen molar-refractivity contribution in [1.29, 1.82) is 0 Å². The van der Waals surface area contributed by atoms with Gasteiger partial charge >= 0.3 is 6.09 Å². The lowest BCUT2D eigenvalue weighted by atomic mass is 9.99. The molecule has 0 bridgehead atoms. The van der Waals surface area contributed by atoms with Crippen molar-refractivity contribution in [3.63, 3.8) is 0 Å². The zero-order valence-corrected chi connectivity index (χ0v) is 15.9. The Bertz CT molecular complexity index is 678. The van der Waals surface area contributed by atoms with E-state index in [4.69, 9.17) is 9.47 Å². The van der Waals surface area contributed by atoms with Crippen molar-refractivity contribution in [2.24, 2.45) is 0 Å². The predicted molar refractivity (Wildman–Crippen MR) is 101 cm³/mol. The molecule has 1 fully saturated rings. The molecule has 0 radical (unpaired) electrons. The molecule has 0 spiro atoms. The summed E-state index contributed by atoms with van der Waals surface area (Å²) in [5, 5.41) is 9.32. The van der Waals surface area contributed by atoms with E-state index >= 15 is 0 Å². The van der Waals surface area contributed by atoms with Gasteiger partial charge < -0.3 is 19.5 Å². The number of amides is 2.